The Balaban J connectivity index is 1.61. The highest BCUT2D eigenvalue weighted by Gasteiger charge is 2.21. The molecule has 2 amide bonds. The van der Waals surface area contributed by atoms with Gasteiger partial charge in [0.25, 0.3) is 5.91 Å². The number of carbonyl (C=O) groups excluding carboxylic acids is 2. The average molecular weight is 433 g/mol. The first-order valence-electron chi connectivity index (χ1n) is 10.3. The molecule has 2 unspecified atom stereocenters. The molecule has 31 heavy (non-hydrogen) atoms. The van der Waals surface area contributed by atoms with Crippen LogP contribution in [0.4, 0.5) is 15.8 Å². The summed E-state index contributed by atoms with van der Waals surface area (Å²) >= 11 is 0. The van der Waals surface area contributed by atoms with E-state index in [1.165, 1.54) is 41.7 Å². The standard InChI is InChI=1S/C21H28FN5O4/c1-14-4-2-3-7-26(14)12-20(30)24-16-5-6-18(22)19(8-16)25-21(31)15-9-23-27(10-15)11-17(29)13-28/h5-6,8-10,14,17,28-29H,2-4,7,11-13H2,1H3,(H,24,30)(H,25,31). The summed E-state index contributed by atoms with van der Waals surface area (Å²) in [4.78, 5) is 27.0. The second-order valence-electron chi connectivity index (χ2n) is 7.80. The molecule has 2 heterocycles. The minimum Gasteiger partial charge on any atom is -0.394 e. The lowest BCUT2D eigenvalue weighted by molar-refractivity contribution is -0.118. The van der Waals surface area contributed by atoms with Crippen LogP contribution in [0.25, 0.3) is 0 Å². The minimum absolute atomic E-state index is 0.0231. The van der Waals surface area contributed by atoms with Gasteiger partial charge in [-0.1, -0.05) is 6.42 Å². The zero-order valence-electron chi connectivity index (χ0n) is 17.4. The highest BCUT2D eigenvalue weighted by Crippen LogP contribution is 2.21. The highest BCUT2D eigenvalue weighted by atomic mass is 19.1. The molecule has 9 nitrogen and oxygen atoms in total. The summed E-state index contributed by atoms with van der Waals surface area (Å²) in [6.45, 7) is 2.84. The summed E-state index contributed by atoms with van der Waals surface area (Å²) < 4.78 is 15.5. The molecule has 1 saturated heterocycles. The zero-order valence-corrected chi connectivity index (χ0v) is 17.4. The third kappa shape index (κ3) is 6.33. The van der Waals surface area contributed by atoms with Gasteiger partial charge in [0, 0.05) is 17.9 Å². The fraction of sp³-hybridized carbons (Fsp3) is 0.476. The number of rotatable bonds is 8. The number of nitrogens with zero attached hydrogens (tertiary/aromatic N) is 3. The van der Waals surface area contributed by atoms with E-state index in [9.17, 15) is 19.1 Å². The van der Waals surface area contributed by atoms with Crippen LogP contribution in [-0.2, 0) is 11.3 Å². The van der Waals surface area contributed by atoms with Crippen molar-refractivity contribution in [2.24, 2.45) is 0 Å². The van der Waals surface area contributed by atoms with Crippen molar-refractivity contribution in [2.45, 2.75) is 44.9 Å². The molecule has 1 aromatic heterocycles. The summed E-state index contributed by atoms with van der Waals surface area (Å²) in [5.41, 5.74) is 0.475. The number of aromatic nitrogens is 2. The molecule has 0 spiro atoms. The number of hydrogen-bond donors (Lipinski definition) is 4. The summed E-state index contributed by atoms with van der Waals surface area (Å²) in [6.07, 6.45) is 4.97. The molecule has 0 radical (unpaired) electrons. The maximum Gasteiger partial charge on any atom is 0.258 e. The Bertz CT molecular complexity index is 919. The number of aliphatic hydroxyl groups is 2. The molecule has 0 bridgehead atoms. The molecule has 168 valence electrons. The number of hydrogen-bond acceptors (Lipinski definition) is 6. The molecule has 10 heteroatoms. The first kappa shape index (κ1) is 22.9. The van der Waals surface area contributed by atoms with Crippen LogP contribution in [-0.4, -0.2) is 68.6 Å². The van der Waals surface area contributed by atoms with E-state index < -0.39 is 24.4 Å². The molecule has 2 atom stereocenters. The topological polar surface area (TPSA) is 120 Å². The largest absolute Gasteiger partial charge is 0.394 e. The number of benzene rings is 1. The van der Waals surface area contributed by atoms with E-state index in [0.29, 0.717) is 11.7 Å². The molecule has 1 aliphatic heterocycles. The summed E-state index contributed by atoms with van der Waals surface area (Å²) in [6, 6.07) is 4.33. The first-order valence-corrected chi connectivity index (χ1v) is 10.3. The van der Waals surface area contributed by atoms with Crippen molar-refractivity contribution in [3.8, 4) is 0 Å². The Hall–Kier alpha value is -2.82. The maximum atomic E-state index is 14.2. The van der Waals surface area contributed by atoms with E-state index >= 15 is 0 Å². The Labute approximate surface area is 179 Å². The normalized spacial score (nSPS) is 17.9. The molecular formula is C21H28FN5O4. The number of anilines is 2. The van der Waals surface area contributed by atoms with Crippen molar-refractivity contribution in [2.75, 3.05) is 30.3 Å². The quantitative estimate of drug-likeness (QED) is 0.500. The summed E-state index contributed by atoms with van der Waals surface area (Å²) in [7, 11) is 0. The van der Waals surface area contributed by atoms with Crippen molar-refractivity contribution in [3.63, 3.8) is 0 Å². The number of likely N-dealkylation sites (tertiary alicyclic amines) is 1. The third-order valence-corrected chi connectivity index (χ3v) is 5.29. The molecule has 4 N–H and O–H groups in total. The van der Waals surface area contributed by atoms with Crippen LogP contribution < -0.4 is 10.6 Å². The lowest BCUT2D eigenvalue weighted by Gasteiger charge is -2.32. The van der Waals surface area contributed by atoms with E-state index in [1.54, 1.807) is 0 Å². The van der Waals surface area contributed by atoms with Crippen molar-refractivity contribution in [3.05, 3.63) is 42.0 Å². The zero-order chi connectivity index (χ0) is 22.4. The van der Waals surface area contributed by atoms with Crippen LogP contribution in [0.2, 0.25) is 0 Å². The van der Waals surface area contributed by atoms with Gasteiger partial charge in [-0.2, -0.15) is 5.10 Å². The van der Waals surface area contributed by atoms with Gasteiger partial charge in [-0.15, -0.1) is 0 Å². The molecule has 0 aliphatic carbocycles. The third-order valence-electron chi connectivity index (χ3n) is 5.29. The van der Waals surface area contributed by atoms with Crippen LogP contribution in [0, 0.1) is 5.82 Å². The van der Waals surface area contributed by atoms with Gasteiger partial charge in [0.2, 0.25) is 5.91 Å². The van der Waals surface area contributed by atoms with Gasteiger partial charge in [-0.3, -0.25) is 19.2 Å². The maximum absolute atomic E-state index is 14.2. The van der Waals surface area contributed by atoms with Gasteiger partial charge < -0.3 is 20.8 Å². The molecular weight excluding hydrogens is 405 g/mol. The number of nitrogens with one attached hydrogen (secondary N) is 2. The molecule has 2 aromatic rings. The van der Waals surface area contributed by atoms with Gasteiger partial charge in [0.05, 0.1) is 43.2 Å². The number of piperidine rings is 1. The van der Waals surface area contributed by atoms with Gasteiger partial charge in [-0.25, -0.2) is 4.39 Å². The predicted octanol–water partition coefficient (Wildman–Crippen LogP) is 1.44. The van der Waals surface area contributed by atoms with Crippen molar-refractivity contribution in [1.82, 2.24) is 14.7 Å². The Morgan fingerprint density at radius 1 is 1.32 bits per heavy atom. The smallest absolute Gasteiger partial charge is 0.258 e. The predicted molar refractivity (Wildman–Crippen MR) is 113 cm³/mol. The van der Waals surface area contributed by atoms with Crippen molar-refractivity contribution in [1.29, 1.82) is 0 Å². The van der Waals surface area contributed by atoms with E-state index in [-0.39, 0.29) is 30.2 Å². The number of halogens is 1. The highest BCUT2D eigenvalue weighted by molar-refractivity contribution is 6.04. The number of aliphatic hydroxyl groups excluding tert-OH is 2. The minimum atomic E-state index is -0.999. The van der Waals surface area contributed by atoms with Crippen LogP contribution in [0.5, 0.6) is 0 Å². The van der Waals surface area contributed by atoms with Crippen molar-refractivity contribution >= 4 is 23.2 Å². The SMILES string of the molecule is CC1CCCCN1CC(=O)Nc1ccc(F)c(NC(=O)c2cnn(CC(O)CO)c2)c1. The average Bonchev–Trinajstić information content (AvgIpc) is 3.20. The fourth-order valence-corrected chi connectivity index (χ4v) is 3.53. The Kier molecular flexibility index (Phi) is 7.72. The Morgan fingerprint density at radius 3 is 2.87 bits per heavy atom. The molecule has 1 aromatic carbocycles. The van der Waals surface area contributed by atoms with Gasteiger partial charge in [-0.05, 0) is 44.5 Å². The van der Waals surface area contributed by atoms with Crippen LogP contribution in [0.3, 0.4) is 0 Å². The first-order chi connectivity index (χ1) is 14.9. The van der Waals surface area contributed by atoms with Gasteiger partial charge in [0.15, 0.2) is 0 Å². The second-order valence-corrected chi connectivity index (χ2v) is 7.80. The molecule has 1 fully saturated rings. The summed E-state index contributed by atoms with van der Waals surface area (Å²) in [5, 5.41) is 27.5. The van der Waals surface area contributed by atoms with E-state index in [0.717, 1.165) is 19.4 Å². The van der Waals surface area contributed by atoms with E-state index in [4.69, 9.17) is 5.11 Å². The van der Waals surface area contributed by atoms with Crippen molar-refractivity contribution < 1.29 is 24.2 Å². The number of carbonyl (C=O) groups is 2. The van der Waals surface area contributed by atoms with Gasteiger partial charge >= 0.3 is 0 Å². The molecule has 0 saturated carbocycles. The van der Waals surface area contributed by atoms with Crippen LogP contribution >= 0.6 is 0 Å². The van der Waals surface area contributed by atoms with E-state index in [2.05, 4.69) is 27.6 Å². The fourth-order valence-electron chi connectivity index (χ4n) is 3.53. The second kappa shape index (κ2) is 10.5. The lowest BCUT2D eigenvalue weighted by atomic mass is 10.0. The van der Waals surface area contributed by atoms with Crippen LogP contribution in [0.15, 0.2) is 30.6 Å². The monoisotopic (exact) mass is 433 g/mol. The molecule has 3 rings (SSSR count). The summed E-state index contributed by atoms with van der Waals surface area (Å²) in [5.74, 6) is -1.42. The Morgan fingerprint density at radius 2 is 2.13 bits per heavy atom. The van der Waals surface area contributed by atoms with Crippen LogP contribution in [0.1, 0.15) is 36.5 Å². The van der Waals surface area contributed by atoms with Gasteiger partial charge in [0.1, 0.15) is 5.82 Å². The van der Waals surface area contributed by atoms with E-state index in [1.807, 2.05) is 0 Å². The lowest BCUT2D eigenvalue weighted by Crippen LogP contribution is -2.42. The molecule has 1 aliphatic rings. The number of amides is 2.